The number of rotatable bonds is 7. The second-order valence-electron chi connectivity index (χ2n) is 6.96. The number of hydrogen-bond acceptors (Lipinski definition) is 4. The molecule has 0 saturated carbocycles. The maximum absolute atomic E-state index is 14.3. The smallest absolute Gasteiger partial charge is 0.131 e. The van der Waals surface area contributed by atoms with Crippen LogP contribution in [0.5, 0.6) is 5.75 Å². The number of halogens is 2. The molecule has 1 fully saturated rings. The Morgan fingerprint density at radius 1 is 1.07 bits per heavy atom. The molecule has 6 heteroatoms. The van der Waals surface area contributed by atoms with Crippen LogP contribution < -0.4 is 4.74 Å². The topological polar surface area (TPSA) is 35.9 Å². The summed E-state index contributed by atoms with van der Waals surface area (Å²) in [5.74, 6) is 0.00126. The minimum Gasteiger partial charge on any atom is -0.497 e. The van der Waals surface area contributed by atoms with Gasteiger partial charge in [-0.05, 0) is 30.2 Å². The summed E-state index contributed by atoms with van der Waals surface area (Å²) in [5.41, 5.74) is 1.69. The van der Waals surface area contributed by atoms with Crippen LogP contribution in [0.15, 0.2) is 42.5 Å². The maximum Gasteiger partial charge on any atom is 0.131 e. The van der Waals surface area contributed by atoms with E-state index in [0.717, 1.165) is 31.7 Å². The van der Waals surface area contributed by atoms with Crippen molar-refractivity contribution >= 4 is 0 Å². The van der Waals surface area contributed by atoms with E-state index < -0.39 is 0 Å². The fraction of sp³-hybridized carbons (Fsp3) is 0.429. The van der Waals surface area contributed by atoms with E-state index in [1.165, 1.54) is 25.3 Å². The third-order valence-electron chi connectivity index (χ3n) is 5.10. The lowest BCUT2D eigenvalue weighted by molar-refractivity contribution is 0.0493. The van der Waals surface area contributed by atoms with Crippen molar-refractivity contribution in [2.24, 2.45) is 0 Å². The molecule has 1 heterocycles. The van der Waals surface area contributed by atoms with E-state index in [2.05, 4.69) is 9.80 Å². The summed E-state index contributed by atoms with van der Waals surface area (Å²) in [6.45, 7) is 3.76. The summed E-state index contributed by atoms with van der Waals surface area (Å²) in [5, 5.41) is 9.45. The second-order valence-corrected chi connectivity index (χ2v) is 6.96. The van der Waals surface area contributed by atoms with Crippen molar-refractivity contribution < 1.29 is 18.6 Å². The Hall–Kier alpha value is -2.02. The maximum atomic E-state index is 14.3. The second kappa shape index (κ2) is 9.26. The number of nitrogens with zero attached hydrogens (tertiary/aromatic N) is 2. The number of hydrogen-bond donors (Lipinski definition) is 1. The average Bonchev–Trinajstić information content (AvgIpc) is 2.67. The third kappa shape index (κ3) is 5.25. The van der Waals surface area contributed by atoms with Crippen LogP contribution in [0, 0.1) is 11.6 Å². The number of aliphatic hydroxyl groups excluding tert-OH is 1. The summed E-state index contributed by atoms with van der Waals surface area (Å²) < 4.78 is 32.4. The summed E-state index contributed by atoms with van der Waals surface area (Å²) in [4.78, 5) is 4.52. The predicted molar refractivity (Wildman–Crippen MR) is 101 cm³/mol. The summed E-state index contributed by atoms with van der Waals surface area (Å²) in [6.07, 6.45) is 0.637. The van der Waals surface area contributed by atoms with E-state index in [1.54, 1.807) is 24.3 Å². The monoisotopic (exact) mass is 376 g/mol. The predicted octanol–water partition coefficient (Wildman–Crippen LogP) is 3.04. The first-order chi connectivity index (χ1) is 13.1. The molecule has 1 N–H and O–H groups in total. The molecule has 0 radical (unpaired) electrons. The Bertz CT molecular complexity index is 739. The molecular formula is C21H26F2N2O2. The van der Waals surface area contributed by atoms with E-state index in [-0.39, 0.29) is 24.3 Å². The van der Waals surface area contributed by atoms with Gasteiger partial charge in [0.2, 0.25) is 0 Å². The van der Waals surface area contributed by atoms with Crippen LogP contribution >= 0.6 is 0 Å². The Balaban J connectivity index is 1.64. The van der Waals surface area contributed by atoms with Gasteiger partial charge in [0, 0.05) is 57.0 Å². The summed E-state index contributed by atoms with van der Waals surface area (Å²) in [7, 11) is 1.52. The van der Waals surface area contributed by atoms with Crippen molar-refractivity contribution in [2.75, 3.05) is 33.4 Å². The van der Waals surface area contributed by atoms with E-state index >= 15 is 0 Å². The van der Waals surface area contributed by atoms with Crippen molar-refractivity contribution in [3.63, 3.8) is 0 Å². The number of piperazine rings is 1. The molecular weight excluding hydrogens is 350 g/mol. The van der Waals surface area contributed by atoms with Crippen molar-refractivity contribution in [3.8, 4) is 5.75 Å². The molecule has 0 spiro atoms. The van der Waals surface area contributed by atoms with Crippen LogP contribution in [0.4, 0.5) is 8.78 Å². The van der Waals surface area contributed by atoms with Gasteiger partial charge in [-0.2, -0.15) is 0 Å². The molecule has 1 aliphatic heterocycles. The van der Waals surface area contributed by atoms with Crippen molar-refractivity contribution in [1.29, 1.82) is 0 Å². The highest BCUT2D eigenvalue weighted by molar-refractivity contribution is 5.29. The number of aliphatic hydroxyl groups is 1. The van der Waals surface area contributed by atoms with Crippen molar-refractivity contribution in [2.45, 2.75) is 25.6 Å². The fourth-order valence-electron chi connectivity index (χ4n) is 3.58. The Morgan fingerprint density at radius 3 is 2.52 bits per heavy atom. The third-order valence-corrected chi connectivity index (χ3v) is 5.10. The molecule has 1 atom stereocenters. The van der Waals surface area contributed by atoms with Crippen LogP contribution in [-0.4, -0.2) is 54.3 Å². The van der Waals surface area contributed by atoms with Gasteiger partial charge < -0.3 is 9.84 Å². The van der Waals surface area contributed by atoms with Gasteiger partial charge in [0.25, 0.3) is 0 Å². The molecule has 0 aromatic heterocycles. The van der Waals surface area contributed by atoms with Gasteiger partial charge in [0.05, 0.1) is 7.11 Å². The zero-order valence-corrected chi connectivity index (χ0v) is 15.6. The normalized spacial score (nSPS) is 18.6. The minimum atomic E-state index is -0.272. The Labute approximate surface area is 159 Å². The molecule has 0 amide bonds. The standard InChI is InChI=1S/C21H26F2N2O2/c1-27-20-7-4-17(21(23)12-20)14-25-10-9-24(15-19(25)8-11-26)13-16-2-5-18(22)6-3-16/h2-7,12,19,26H,8-11,13-15H2,1H3/t19-/m0/s1. The summed E-state index contributed by atoms with van der Waals surface area (Å²) in [6, 6.07) is 11.6. The summed E-state index contributed by atoms with van der Waals surface area (Å²) >= 11 is 0. The molecule has 2 aromatic carbocycles. The Morgan fingerprint density at radius 2 is 1.85 bits per heavy atom. The van der Waals surface area contributed by atoms with Crippen molar-refractivity contribution in [3.05, 3.63) is 65.2 Å². The van der Waals surface area contributed by atoms with Gasteiger partial charge in [-0.15, -0.1) is 0 Å². The molecule has 1 saturated heterocycles. The number of methoxy groups -OCH3 is 1. The molecule has 0 unspecified atom stereocenters. The van der Waals surface area contributed by atoms with Gasteiger partial charge in [-0.25, -0.2) is 8.78 Å². The fourth-order valence-corrected chi connectivity index (χ4v) is 3.58. The van der Waals surface area contributed by atoms with Gasteiger partial charge >= 0.3 is 0 Å². The van der Waals surface area contributed by atoms with Crippen molar-refractivity contribution in [1.82, 2.24) is 9.80 Å². The van der Waals surface area contributed by atoms with Crippen LogP contribution in [0.2, 0.25) is 0 Å². The first-order valence-corrected chi connectivity index (χ1v) is 9.23. The molecule has 0 bridgehead atoms. The van der Waals surface area contributed by atoms with E-state index in [9.17, 15) is 13.9 Å². The Kier molecular flexibility index (Phi) is 6.77. The molecule has 1 aliphatic rings. The zero-order valence-electron chi connectivity index (χ0n) is 15.6. The first kappa shape index (κ1) is 19.7. The van der Waals surface area contributed by atoms with Crippen LogP contribution in [0.25, 0.3) is 0 Å². The molecule has 27 heavy (non-hydrogen) atoms. The van der Waals surface area contributed by atoms with E-state index in [4.69, 9.17) is 4.74 Å². The molecule has 0 aliphatic carbocycles. The molecule has 146 valence electrons. The minimum absolute atomic E-state index is 0.0939. The van der Waals surface area contributed by atoms with E-state index in [0.29, 0.717) is 24.3 Å². The lowest BCUT2D eigenvalue weighted by Gasteiger charge is -2.41. The zero-order chi connectivity index (χ0) is 19.2. The van der Waals surface area contributed by atoms with Gasteiger partial charge in [-0.3, -0.25) is 9.80 Å². The highest BCUT2D eigenvalue weighted by Gasteiger charge is 2.27. The quantitative estimate of drug-likeness (QED) is 0.806. The number of benzene rings is 2. The van der Waals surface area contributed by atoms with Crippen LogP contribution in [0.3, 0.4) is 0 Å². The highest BCUT2D eigenvalue weighted by atomic mass is 19.1. The molecule has 4 nitrogen and oxygen atoms in total. The highest BCUT2D eigenvalue weighted by Crippen LogP contribution is 2.22. The van der Waals surface area contributed by atoms with Crippen LogP contribution in [-0.2, 0) is 13.1 Å². The largest absolute Gasteiger partial charge is 0.497 e. The van der Waals surface area contributed by atoms with Crippen LogP contribution in [0.1, 0.15) is 17.5 Å². The van der Waals surface area contributed by atoms with Gasteiger partial charge in [0.1, 0.15) is 17.4 Å². The van der Waals surface area contributed by atoms with Gasteiger partial charge in [0.15, 0.2) is 0 Å². The molecule has 2 aromatic rings. The van der Waals surface area contributed by atoms with E-state index in [1.807, 2.05) is 0 Å². The first-order valence-electron chi connectivity index (χ1n) is 9.23. The van der Waals surface area contributed by atoms with Gasteiger partial charge in [-0.1, -0.05) is 18.2 Å². The lowest BCUT2D eigenvalue weighted by Crippen LogP contribution is -2.52. The molecule has 3 rings (SSSR count). The SMILES string of the molecule is COc1ccc(CN2CCN(Cc3ccc(F)cc3)C[C@@H]2CCO)c(F)c1. The number of ether oxygens (including phenoxy) is 1. The average molecular weight is 376 g/mol. The lowest BCUT2D eigenvalue weighted by atomic mass is 10.1.